The van der Waals surface area contributed by atoms with Gasteiger partial charge in [0.1, 0.15) is 0 Å². The fraction of sp³-hybridized carbons (Fsp3) is 0.562. The molecule has 1 saturated carbocycles. The monoisotopic (exact) mass is 274 g/mol. The standard InChI is InChI=1S/C16H22N2S/c1-13-7-3-4-8-14(13)18-15-17-11-16(12-19-15)9-5-2-6-10-16/h3-4,7-8H,2,5-6,9-12H2,1H3,(H,17,18). The van der Waals surface area contributed by atoms with Gasteiger partial charge in [-0.05, 0) is 36.8 Å². The molecule has 2 aliphatic rings. The summed E-state index contributed by atoms with van der Waals surface area (Å²) in [5.74, 6) is 1.24. The highest BCUT2D eigenvalue weighted by Crippen LogP contribution is 2.42. The highest BCUT2D eigenvalue weighted by molar-refractivity contribution is 8.14. The maximum absolute atomic E-state index is 4.81. The van der Waals surface area contributed by atoms with Crippen LogP contribution in [0.5, 0.6) is 0 Å². The van der Waals surface area contributed by atoms with E-state index in [1.807, 2.05) is 11.8 Å². The Balaban J connectivity index is 1.66. The average Bonchev–Trinajstić information content (AvgIpc) is 2.45. The van der Waals surface area contributed by atoms with Gasteiger partial charge in [0.05, 0.1) is 0 Å². The predicted molar refractivity (Wildman–Crippen MR) is 85.1 cm³/mol. The first-order valence-electron chi connectivity index (χ1n) is 7.27. The third-order valence-corrected chi connectivity index (χ3v) is 5.64. The van der Waals surface area contributed by atoms with Crippen molar-refractivity contribution in [3.05, 3.63) is 29.8 Å². The molecule has 1 aliphatic heterocycles. The van der Waals surface area contributed by atoms with E-state index < -0.39 is 0 Å². The smallest absolute Gasteiger partial charge is 0.161 e. The number of anilines is 1. The van der Waals surface area contributed by atoms with Crippen molar-refractivity contribution >= 4 is 22.6 Å². The van der Waals surface area contributed by atoms with E-state index in [0.29, 0.717) is 5.41 Å². The van der Waals surface area contributed by atoms with Crippen LogP contribution in [0.25, 0.3) is 0 Å². The molecule has 3 rings (SSSR count). The molecule has 2 nitrogen and oxygen atoms in total. The maximum Gasteiger partial charge on any atom is 0.161 e. The number of nitrogens with one attached hydrogen (secondary N) is 1. The molecule has 0 radical (unpaired) electrons. The number of aryl methyl sites for hydroxylation is 1. The summed E-state index contributed by atoms with van der Waals surface area (Å²) in [5, 5.41) is 4.59. The number of rotatable bonds is 1. The van der Waals surface area contributed by atoms with Gasteiger partial charge in [-0.3, -0.25) is 4.99 Å². The lowest BCUT2D eigenvalue weighted by molar-refractivity contribution is 0.232. The number of hydrogen-bond donors (Lipinski definition) is 1. The molecule has 1 N–H and O–H groups in total. The van der Waals surface area contributed by atoms with Crippen LogP contribution in [0.1, 0.15) is 37.7 Å². The van der Waals surface area contributed by atoms with Gasteiger partial charge >= 0.3 is 0 Å². The molecule has 1 aromatic rings. The maximum atomic E-state index is 4.81. The number of aliphatic imine (C=N–C) groups is 1. The SMILES string of the molecule is Cc1ccccc1NC1=NCC2(CCCCC2)CS1. The first-order chi connectivity index (χ1) is 9.27. The molecule has 0 bridgehead atoms. The second-order valence-corrected chi connectivity index (χ2v) is 6.87. The molecule has 0 amide bonds. The van der Waals surface area contributed by atoms with E-state index >= 15 is 0 Å². The van der Waals surface area contributed by atoms with Gasteiger partial charge in [-0.15, -0.1) is 0 Å². The zero-order valence-corrected chi connectivity index (χ0v) is 12.4. The Bertz CT molecular complexity index is 475. The summed E-state index contributed by atoms with van der Waals surface area (Å²) in [6.07, 6.45) is 6.97. The normalized spacial score (nSPS) is 22.1. The molecule has 0 atom stereocenters. The largest absolute Gasteiger partial charge is 0.335 e. The number of para-hydroxylation sites is 1. The van der Waals surface area contributed by atoms with E-state index in [4.69, 9.17) is 4.99 Å². The highest BCUT2D eigenvalue weighted by atomic mass is 32.2. The first-order valence-corrected chi connectivity index (χ1v) is 8.26. The highest BCUT2D eigenvalue weighted by Gasteiger charge is 2.34. The van der Waals surface area contributed by atoms with Gasteiger partial charge in [-0.2, -0.15) is 0 Å². The van der Waals surface area contributed by atoms with E-state index in [2.05, 4.69) is 36.5 Å². The molecule has 1 spiro atoms. The fourth-order valence-corrected chi connectivity index (χ4v) is 4.22. The lowest BCUT2D eigenvalue weighted by Crippen LogP contribution is -2.35. The van der Waals surface area contributed by atoms with Crippen molar-refractivity contribution in [3.8, 4) is 0 Å². The Morgan fingerprint density at radius 1 is 1.16 bits per heavy atom. The van der Waals surface area contributed by atoms with Crippen LogP contribution in [-0.2, 0) is 0 Å². The van der Waals surface area contributed by atoms with E-state index in [1.165, 1.54) is 49.1 Å². The van der Waals surface area contributed by atoms with E-state index in [-0.39, 0.29) is 0 Å². The van der Waals surface area contributed by atoms with Crippen LogP contribution in [0.4, 0.5) is 5.69 Å². The second-order valence-electron chi connectivity index (χ2n) is 5.91. The van der Waals surface area contributed by atoms with Crippen molar-refractivity contribution in [2.45, 2.75) is 39.0 Å². The Hall–Kier alpha value is -0.960. The summed E-state index contributed by atoms with van der Waals surface area (Å²) < 4.78 is 0. The summed E-state index contributed by atoms with van der Waals surface area (Å²) >= 11 is 1.91. The lowest BCUT2D eigenvalue weighted by atomic mass is 9.75. The zero-order valence-electron chi connectivity index (χ0n) is 11.6. The van der Waals surface area contributed by atoms with Crippen LogP contribution < -0.4 is 5.32 Å². The molecule has 102 valence electrons. The molecule has 0 aromatic heterocycles. The molecule has 1 aromatic carbocycles. The third kappa shape index (κ3) is 2.97. The van der Waals surface area contributed by atoms with Crippen LogP contribution in [0.3, 0.4) is 0 Å². The predicted octanol–water partition coefficient (Wildman–Crippen LogP) is 4.46. The van der Waals surface area contributed by atoms with Crippen LogP contribution in [0.15, 0.2) is 29.3 Å². The van der Waals surface area contributed by atoms with Crippen LogP contribution >= 0.6 is 11.8 Å². The molecule has 1 aliphatic carbocycles. The third-order valence-electron chi connectivity index (χ3n) is 4.37. The Labute approximate surface area is 120 Å². The van der Waals surface area contributed by atoms with Crippen molar-refractivity contribution in [3.63, 3.8) is 0 Å². The van der Waals surface area contributed by atoms with Gasteiger partial charge in [0, 0.05) is 18.0 Å². The van der Waals surface area contributed by atoms with Gasteiger partial charge in [0.25, 0.3) is 0 Å². The minimum Gasteiger partial charge on any atom is -0.335 e. The van der Waals surface area contributed by atoms with Crippen molar-refractivity contribution < 1.29 is 0 Å². The average molecular weight is 274 g/mol. The number of thioether (sulfide) groups is 1. The summed E-state index contributed by atoms with van der Waals surface area (Å²) in [4.78, 5) is 4.81. The first kappa shape index (κ1) is 13.0. The Morgan fingerprint density at radius 2 is 1.95 bits per heavy atom. The molecule has 3 heteroatoms. The minimum atomic E-state index is 0.514. The Kier molecular flexibility index (Phi) is 3.83. The van der Waals surface area contributed by atoms with E-state index in [0.717, 1.165) is 11.7 Å². The van der Waals surface area contributed by atoms with Crippen molar-refractivity contribution in [1.29, 1.82) is 0 Å². The molecule has 0 saturated heterocycles. The molecular weight excluding hydrogens is 252 g/mol. The van der Waals surface area contributed by atoms with Gasteiger partial charge < -0.3 is 5.32 Å². The molecule has 1 fully saturated rings. The van der Waals surface area contributed by atoms with Crippen molar-refractivity contribution in [1.82, 2.24) is 0 Å². The lowest BCUT2D eigenvalue weighted by Gasteiger charge is -2.38. The summed E-state index contributed by atoms with van der Waals surface area (Å²) in [5.41, 5.74) is 2.98. The van der Waals surface area contributed by atoms with Crippen LogP contribution in [-0.4, -0.2) is 17.5 Å². The van der Waals surface area contributed by atoms with Gasteiger partial charge in [0.15, 0.2) is 5.17 Å². The number of amidine groups is 1. The molecule has 19 heavy (non-hydrogen) atoms. The quantitative estimate of drug-likeness (QED) is 0.817. The molecule has 0 unspecified atom stereocenters. The fourth-order valence-electron chi connectivity index (χ4n) is 3.06. The van der Waals surface area contributed by atoms with E-state index in [9.17, 15) is 0 Å². The van der Waals surface area contributed by atoms with Crippen molar-refractivity contribution in [2.75, 3.05) is 17.6 Å². The minimum absolute atomic E-state index is 0.514. The topological polar surface area (TPSA) is 24.4 Å². The van der Waals surface area contributed by atoms with Crippen molar-refractivity contribution in [2.24, 2.45) is 10.4 Å². The zero-order chi connectivity index (χ0) is 13.1. The molecule has 1 heterocycles. The van der Waals surface area contributed by atoms with Gasteiger partial charge in [-0.1, -0.05) is 49.2 Å². The number of nitrogens with zero attached hydrogens (tertiary/aromatic N) is 1. The Morgan fingerprint density at radius 3 is 2.63 bits per heavy atom. The summed E-state index contributed by atoms with van der Waals surface area (Å²) in [7, 11) is 0. The van der Waals surface area contributed by atoms with Gasteiger partial charge in [-0.25, -0.2) is 0 Å². The van der Waals surface area contributed by atoms with Crippen LogP contribution in [0.2, 0.25) is 0 Å². The van der Waals surface area contributed by atoms with Crippen LogP contribution in [0, 0.1) is 12.3 Å². The summed E-state index contributed by atoms with van der Waals surface area (Å²) in [6.45, 7) is 3.16. The second kappa shape index (κ2) is 5.58. The number of hydrogen-bond acceptors (Lipinski definition) is 3. The van der Waals surface area contributed by atoms with Gasteiger partial charge in [0.2, 0.25) is 0 Å². The van der Waals surface area contributed by atoms with E-state index in [1.54, 1.807) is 0 Å². The molecular formula is C16H22N2S. The summed E-state index contributed by atoms with van der Waals surface area (Å²) in [6, 6.07) is 8.42. The number of benzene rings is 1.